The number of amides is 1. The van der Waals surface area contributed by atoms with Crippen molar-refractivity contribution in [2.75, 3.05) is 6.61 Å². The molecule has 0 bridgehead atoms. The number of ether oxygens (including phenoxy) is 1. The largest absolute Gasteiger partial charge is 0.493 e. The summed E-state index contributed by atoms with van der Waals surface area (Å²) >= 11 is 0. The summed E-state index contributed by atoms with van der Waals surface area (Å²) in [6, 6.07) is 11.0. The lowest BCUT2D eigenvalue weighted by Gasteiger charge is -2.28. The zero-order valence-corrected chi connectivity index (χ0v) is 15.6. The average Bonchev–Trinajstić information content (AvgIpc) is 2.65. The van der Waals surface area contributed by atoms with Crippen LogP contribution in [0.4, 0.5) is 0 Å². The molecule has 4 rings (SSSR count). The fraction of sp³-hybridized carbons (Fsp3) is 0.286. The monoisotopic (exact) mass is 363 g/mol. The van der Waals surface area contributed by atoms with Crippen molar-refractivity contribution in [1.82, 2.24) is 15.1 Å². The fourth-order valence-electron chi connectivity index (χ4n) is 3.72. The van der Waals surface area contributed by atoms with Gasteiger partial charge in [0.1, 0.15) is 5.75 Å². The number of carbonyl (C=O) groups is 1. The van der Waals surface area contributed by atoms with Crippen LogP contribution in [0, 0.1) is 13.8 Å². The summed E-state index contributed by atoms with van der Waals surface area (Å²) < 4.78 is 7.03. The molecule has 1 aromatic heterocycles. The maximum Gasteiger partial charge on any atom is 0.274 e. The summed E-state index contributed by atoms with van der Waals surface area (Å²) in [6.07, 6.45) is 0.686. The number of aryl methyl sites for hydroxylation is 3. The number of rotatable bonds is 2. The second-order valence-corrected chi connectivity index (χ2v) is 6.99. The molecule has 2 aromatic carbocycles. The van der Waals surface area contributed by atoms with Gasteiger partial charge in [0.2, 0.25) is 0 Å². The summed E-state index contributed by atoms with van der Waals surface area (Å²) in [5, 5.41) is 8.35. The lowest BCUT2D eigenvalue weighted by atomic mass is 9.95. The first-order valence-electron chi connectivity index (χ1n) is 8.96. The molecule has 1 unspecified atom stereocenters. The van der Waals surface area contributed by atoms with Gasteiger partial charge in [-0.25, -0.2) is 4.68 Å². The van der Waals surface area contributed by atoms with Crippen LogP contribution in [0.5, 0.6) is 5.75 Å². The van der Waals surface area contributed by atoms with Crippen molar-refractivity contribution in [2.24, 2.45) is 7.05 Å². The minimum atomic E-state index is -0.293. The summed E-state index contributed by atoms with van der Waals surface area (Å²) in [5.74, 6) is 0.550. The molecule has 1 aliphatic rings. The van der Waals surface area contributed by atoms with Gasteiger partial charge in [-0.2, -0.15) is 5.10 Å². The van der Waals surface area contributed by atoms with Gasteiger partial charge in [0.25, 0.3) is 11.5 Å². The van der Waals surface area contributed by atoms with E-state index in [4.69, 9.17) is 4.74 Å². The Morgan fingerprint density at radius 2 is 1.96 bits per heavy atom. The van der Waals surface area contributed by atoms with Gasteiger partial charge in [-0.05, 0) is 25.5 Å². The highest BCUT2D eigenvalue weighted by molar-refractivity contribution is 6.04. The van der Waals surface area contributed by atoms with Gasteiger partial charge in [0.05, 0.1) is 18.0 Å². The molecule has 0 saturated carbocycles. The van der Waals surface area contributed by atoms with E-state index in [-0.39, 0.29) is 23.2 Å². The molecule has 0 radical (unpaired) electrons. The third kappa shape index (κ3) is 2.97. The Bertz CT molecular complexity index is 1120. The first-order valence-corrected chi connectivity index (χ1v) is 8.96. The minimum Gasteiger partial charge on any atom is -0.493 e. The van der Waals surface area contributed by atoms with Crippen LogP contribution in [0.1, 0.15) is 39.6 Å². The lowest BCUT2D eigenvalue weighted by Crippen LogP contribution is -2.34. The van der Waals surface area contributed by atoms with Crippen LogP contribution in [0.15, 0.2) is 41.2 Å². The van der Waals surface area contributed by atoms with Crippen molar-refractivity contribution in [3.63, 3.8) is 0 Å². The van der Waals surface area contributed by atoms with Crippen molar-refractivity contribution in [1.29, 1.82) is 0 Å². The smallest absolute Gasteiger partial charge is 0.274 e. The molecule has 138 valence electrons. The van der Waals surface area contributed by atoms with E-state index in [0.717, 1.165) is 22.4 Å². The second-order valence-electron chi connectivity index (χ2n) is 6.99. The van der Waals surface area contributed by atoms with Crippen molar-refractivity contribution >= 4 is 16.7 Å². The molecule has 2 heterocycles. The second kappa shape index (κ2) is 6.54. The van der Waals surface area contributed by atoms with Crippen molar-refractivity contribution in [3.8, 4) is 5.75 Å². The van der Waals surface area contributed by atoms with Crippen LogP contribution < -0.4 is 15.6 Å². The Morgan fingerprint density at radius 1 is 1.22 bits per heavy atom. The predicted octanol–water partition coefficient (Wildman–Crippen LogP) is 2.80. The van der Waals surface area contributed by atoms with E-state index in [1.54, 1.807) is 31.3 Å². The number of fused-ring (bicyclic) bond motifs is 2. The number of aromatic nitrogens is 2. The van der Waals surface area contributed by atoms with Gasteiger partial charge in [0.15, 0.2) is 5.69 Å². The van der Waals surface area contributed by atoms with Crippen molar-refractivity contribution < 1.29 is 9.53 Å². The molecule has 0 fully saturated rings. The van der Waals surface area contributed by atoms with E-state index in [2.05, 4.69) is 22.5 Å². The quantitative estimate of drug-likeness (QED) is 0.760. The highest BCUT2D eigenvalue weighted by Gasteiger charge is 2.26. The maximum atomic E-state index is 13.0. The normalized spacial score (nSPS) is 15.9. The van der Waals surface area contributed by atoms with Crippen LogP contribution >= 0.6 is 0 Å². The van der Waals surface area contributed by atoms with E-state index in [9.17, 15) is 9.59 Å². The van der Waals surface area contributed by atoms with Crippen LogP contribution in [0.25, 0.3) is 10.8 Å². The average molecular weight is 363 g/mol. The SMILES string of the molecule is Cc1cc(C)c2c(c1)C(NC(=O)c1nn(C)c(=O)c3ccccc13)CCO2. The van der Waals surface area contributed by atoms with Crippen molar-refractivity contribution in [3.05, 3.63) is 69.1 Å². The summed E-state index contributed by atoms with van der Waals surface area (Å²) in [7, 11) is 1.56. The Morgan fingerprint density at radius 3 is 2.74 bits per heavy atom. The van der Waals surface area contributed by atoms with Gasteiger partial charge in [-0.3, -0.25) is 9.59 Å². The summed E-state index contributed by atoms with van der Waals surface area (Å²) in [4.78, 5) is 25.3. The van der Waals surface area contributed by atoms with E-state index >= 15 is 0 Å². The Labute approximate surface area is 156 Å². The van der Waals surface area contributed by atoms with Gasteiger partial charge < -0.3 is 10.1 Å². The highest BCUT2D eigenvalue weighted by Crippen LogP contribution is 2.35. The Kier molecular flexibility index (Phi) is 4.18. The Balaban J connectivity index is 1.74. The number of nitrogens with zero attached hydrogens (tertiary/aromatic N) is 2. The molecular formula is C21H21N3O3. The third-order valence-corrected chi connectivity index (χ3v) is 4.95. The van der Waals surface area contributed by atoms with E-state index in [0.29, 0.717) is 23.8 Å². The molecular weight excluding hydrogens is 342 g/mol. The molecule has 1 N–H and O–H groups in total. The van der Waals surface area contributed by atoms with Crippen LogP contribution in [-0.2, 0) is 7.05 Å². The van der Waals surface area contributed by atoms with E-state index in [1.165, 1.54) is 4.68 Å². The minimum absolute atomic E-state index is 0.155. The lowest BCUT2D eigenvalue weighted by molar-refractivity contribution is 0.0919. The zero-order chi connectivity index (χ0) is 19.1. The molecule has 6 heteroatoms. The third-order valence-electron chi connectivity index (χ3n) is 4.95. The molecule has 27 heavy (non-hydrogen) atoms. The molecule has 0 spiro atoms. The number of hydrogen-bond donors (Lipinski definition) is 1. The van der Waals surface area contributed by atoms with Crippen LogP contribution in [0.3, 0.4) is 0 Å². The molecule has 0 aliphatic carbocycles. The molecule has 1 aliphatic heterocycles. The van der Waals surface area contributed by atoms with Gasteiger partial charge in [-0.1, -0.05) is 35.9 Å². The van der Waals surface area contributed by atoms with Crippen LogP contribution in [-0.4, -0.2) is 22.3 Å². The number of carbonyl (C=O) groups excluding carboxylic acids is 1. The van der Waals surface area contributed by atoms with E-state index in [1.807, 2.05) is 13.8 Å². The molecule has 1 atom stereocenters. The predicted molar refractivity (Wildman–Crippen MR) is 103 cm³/mol. The van der Waals surface area contributed by atoms with Crippen LogP contribution in [0.2, 0.25) is 0 Å². The first kappa shape index (κ1) is 17.3. The molecule has 1 amide bonds. The van der Waals surface area contributed by atoms with E-state index < -0.39 is 0 Å². The maximum absolute atomic E-state index is 13.0. The molecule has 3 aromatic rings. The molecule has 6 nitrogen and oxygen atoms in total. The summed E-state index contributed by atoms with van der Waals surface area (Å²) in [5.41, 5.74) is 3.22. The van der Waals surface area contributed by atoms with Gasteiger partial charge in [0, 0.05) is 24.4 Å². The summed E-state index contributed by atoms with van der Waals surface area (Å²) in [6.45, 7) is 4.59. The van der Waals surface area contributed by atoms with Gasteiger partial charge in [-0.15, -0.1) is 0 Å². The highest BCUT2D eigenvalue weighted by atomic mass is 16.5. The standard InChI is InChI=1S/C21H21N3O3/c1-12-10-13(2)19-16(11-12)17(8-9-27-19)22-20(25)18-14-6-4-5-7-15(14)21(26)24(3)23-18/h4-7,10-11,17H,8-9H2,1-3H3,(H,22,25). The first-order chi connectivity index (χ1) is 13.0. The van der Waals surface area contributed by atoms with Gasteiger partial charge >= 0.3 is 0 Å². The fourth-order valence-corrected chi connectivity index (χ4v) is 3.72. The van der Waals surface area contributed by atoms with Crippen molar-refractivity contribution in [2.45, 2.75) is 26.3 Å². The Hall–Kier alpha value is -3.15. The number of benzene rings is 2. The topological polar surface area (TPSA) is 73.2 Å². The molecule has 0 saturated heterocycles. The number of hydrogen-bond acceptors (Lipinski definition) is 4. The zero-order valence-electron chi connectivity index (χ0n) is 15.6. The number of nitrogens with one attached hydrogen (secondary N) is 1.